The molecule has 1 fully saturated rings. The van der Waals surface area contributed by atoms with Crippen molar-refractivity contribution in [3.05, 3.63) is 64.5 Å². The van der Waals surface area contributed by atoms with Crippen molar-refractivity contribution in [1.82, 2.24) is 9.29 Å². The number of thiazole rings is 1. The van der Waals surface area contributed by atoms with Gasteiger partial charge in [0.05, 0.1) is 10.6 Å². The number of piperazine rings is 1. The molecule has 0 radical (unpaired) electrons. The highest BCUT2D eigenvalue weighted by atomic mass is 32.2. The van der Waals surface area contributed by atoms with Crippen molar-refractivity contribution in [3.8, 4) is 11.3 Å². The predicted molar refractivity (Wildman–Crippen MR) is 147 cm³/mol. The third-order valence-electron chi connectivity index (χ3n) is 6.75. The Morgan fingerprint density at radius 3 is 1.91 bits per heavy atom. The van der Waals surface area contributed by atoms with Gasteiger partial charge < -0.3 is 4.90 Å². The van der Waals surface area contributed by atoms with E-state index in [1.54, 1.807) is 15.6 Å². The monoisotopic (exact) mass is 511 g/mol. The number of nitrogens with zero attached hydrogens (tertiary/aromatic N) is 3. The summed E-state index contributed by atoms with van der Waals surface area (Å²) in [5.41, 5.74) is 5.15. The second kappa shape index (κ2) is 10.4. The molecule has 0 amide bonds. The van der Waals surface area contributed by atoms with Gasteiger partial charge in [-0.05, 0) is 34.4 Å². The smallest absolute Gasteiger partial charge is 0.243 e. The fraction of sp³-hybridized carbons (Fsp3) is 0.464. The minimum Gasteiger partial charge on any atom is -0.345 e. The minimum atomic E-state index is -3.61. The molecule has 0 bridgehead atoms. The molecule has 188 valence electrons. The van der Waals surface area contributed by atoms with Crippen LogP contribution in [0, 0.1) is 0 Å². The Morgan fingerprint density at radius 2 is 1.40 bits per heavy atom. The van der Waals surface area contributed by atoms with Crippen LogP contribution in [0.2, 0.25) is 0 Å². The van der Waals surface area contributed by atoms with E-state index in [4.69, 9.17) is 4.98 Å². The predicted octanol–water partition coefficient (Wildman–Crippen LogP) is 6.69. The molecule has 1 aliphatic heterocycles. The molecular formula is C28H37N3O2S2. The third kappa shape index (κ3) is 5.32. The molecule has 0 unspecified atom stereocenters. The van der Waals surface area contributed by atoms with Crippen molar-refractivity contribution in [3.63, 3.8) is 0 Å². The Morgan fingerprint density at radius 1 is 0.829 bits per heavy atom. The molecule has 1 aromatic heterocycles. The van der Waals surface area contributed by atoms with Crippen LogP contribution in [0.5, 0.6) is 0 Å². The summed E-state index contributed by atoms with van der Waals surface area (Å²) in [5.74, 6) is 0.609. The molecule has 0 spiro atoms. The molecule has 0 atom stereocenters. The van der Waals surface area contributed by atoms with Gasteiger partial charge in [0.2, 0.25) is 10.0 Å². The highest BCUT2D eigenvalue weighted by Crippen LogP contribution is 2.37. The molecule has 7 heteroatoms. The molecule has 2 heterocycles. The van der Waals surface area contributed by atoms with E-state index in [9.17, 15) is 8.42 Å². The summed E-state index contributed by atoms with van der Waals surface area (Å²) in [5, 5.41) is 3.03. The molecule has 35 heavy (non-hydrogen) atoms. The van der Waals surface area contributed by atoms with Gasteiger partial charge in [-0.3, -0.25) is 0 Å². The number of hydrogen-bond acceptors (Lipinski definition) is 5. The Balaban J connectivity index is 1.59. The van der Waals surface area contributed by atoms with E-state index < -0.39 is 10.0 Å². The van der Waals surface area contributed by atoms with Gasteiger partial charge in [0, 0.05) is 37.1 Å². The van der Waals surface area contributed by atoms with E-state index in [-0.39, 0.29) is 11.8 Å². The lowest BCUT2D eigenvalue weighted by molar-refractivity contribution is 0.383. The summed E-state index contributed by atoms with van der Waals surface area (Å²) < 4.78 is 29.8. The Hall–Kier alpha value is -2.22. The molecule has 1 aliphatic rings. The van der Waals surface area contributed by atoms with Crippen LogP contribution in [0.1, 0.15) is 76.0 Å². The average molecular weight is 512 g/mol. The first-order valence-corrected chi connectivity index (χ1v) is 14.8. The first-order valence-electron chi connectivity index (χ1n) is 12.5. The van der Waals surface area contributed by atoms with Crippen LogP contribution in [0.25, 0.3) is 11.3 Å². The standard InChI is InChI=1S/C28H37N3O2S2/c1-19(2)23-16-24(20(3)4)27(25(17-23)21(5)6)35(32,33)31-14-12-30(13-15-31)28-29-26(18-34-28)22-10-8-7-9-11-22/h7-11,16-21H,12-15H2,1-6H3. The van der Waals surface area contributed by atoms with Gasteiger partial charge in [0.25, 0.3) is 0 Å². The fourth-order valence-electron chi connectivity index (χ4n) is 4.59. The normalized spacial score (nSPS) is 15.5. The van der Waals surface area contributed by atoms with Crippen LogP contribution in [-0.4, -0.2) is 43.9 Å². The fourth-order valence-corrected chi connectivity index (χ4v) is 7.56. The lowest BCUT2D eigenvalue weighted by atomic mass is 9.89. The molecule has 5 nitrogen and oxygen atoms in total. The molecule has 3 aromatic rings. The minimum absolute atomic E-state index is 0.129. The molecule has 4 rings (SSSR count). The molecule has 0 aliphatic carbocycles. The summed E-state index contributed by atoms with van der Waals surface area (Å²) in [6, 6.07) is 14.4. The summed E-state index contributed by atoms with van der Waals surface area (Å²) in [7, 11) is -3.61. The zero-order valence-corrected chi connectivity index (χ0v) is 23.3. The zero-order chi connectivity index (χ0) is 25.3. The van der Waals surface area contributed by atoms with Gasteiger partial charge in [0.1, 0.15) is 0 Å². The van der Waals surface area contributed by atoms with Crippen molar-refractivity contribution < 1.29 is 8.42 Å². The van der Waals surface area contributed by atoms with Gasteiger partial charge in [-0.25, -0.2) is 13.4 Å². The van der Waals surface area contributed by atoms with Crippen LogP contribution in [-0.2, 0) is 10.0 Å². The number of anilines is 1. The number of sulfonamides is 1. The van der Waals surface area contributed by atoms with E-state index in [1.807, 2.05) is 18.2 Å². The number of hydrogen-bond donors (Lipinski definition) is 0. The van der Waals surface area contributed by atoms with Crippen molar-refractivity contribution in [2.75, 3.05) is 31.1 Å². The molecule has 1 saturated heterocycles. The van der Waals surface area contributed by atoms with Gasteiger partial charge >= 0.3 is 0 Å². The summed E-state index contributed by atoms with van der Waals surface area (Å²) in [6.07, 6.45) is 0. The first-order chi connectivity index (χ1) is 16.6. The van der Waals surface area contributed by atoms with Gasteiger partial charge in [-0.2, -0.15) is 4.31 Å². The Labute approximate surface area is 214 Å². The van der Waals surface area contributed by atoms with Gasteiger partial charge in [0.15, 0.2) is 5.13 Å². The van der Waals surface area contributed by atoms with Gasteiger partial charge in [-0.1, -0.05) is 84.0 Å². The second-order valence-corrected chi connectivity index (χ2v) is 13.0. The number of rotatable bonds is 7. The van der Waals surface area contributed by atoms with Crippen molar-refractivity contribution in [2.45, 2.75) is 64.2 Å². The van der Waals surface area contributed by atoms with E-state index in [1.165, 1.54) is 5.56 Å². The SMILES string of the molecule is CC(C)c1cc(C(C)C)c(S(=O)(=O)N2CCN(c3nc(-c4ccccc4)cs3)CC2)c(C(C)C)c1. The van der Waals surface area contributed by atoms with Crippen molar-refractivity contribution in [2.24, 2.45) is 0 Å². The zero-order valence-electron chi connectivity index (χ0n) is 21.7. The van der Waals surface area contributed by atoms with E-state index in [0.717, 1.165) is 27.5 Å². The van der Waals surface area contributed by atoms with E-state index >= 15 is 0 Å². The van der Waals surface area contributed by atoms with Crippen LogP contribution in [0.4, 0.5) is 5.13 Å². The van der Waals surface area contributed by atoms with Crippen molar-refractivity contribution in [1.29, 1.82) is 0 Å². The summed E-state index contributed by atoms with van der Waals surface area (Å²) in [6.45, 7) is 14.9. The third-order valence-corrected chi connectivity index (χ3v) is 9.68. The maximum Gasteiger partial charge on any atom is 0.243 e. The molecular weight excluding hydrogens is 474 g/mol. The molecule has 0 N–H and O–H groups in total. The number of aromatic nitrogens is 1. The highest BCUT2D eigenvalue weighted by molar-refractivity contribution is 7.89. The van der Waals surface area contributed by atoms with Crippen LogP contribution in [0.15, 0.2) is 52.7 Å². The van der Waals surface area contributed by atoms with Gasteiger partial charge in [-0.15, -0.1) is 11.3 Å². The van der Waals surface area contributed by atoms with E-state index in [2.05, 4.69) is 76.1 Å². The maximum atomic E-state index is 14.0. The lowest BCUT2D eigenvalue weighted by Gasteiger charge is -2.35. The average Bonchev–Trinajstić information content (AvgIpc) is 3.34. The van der Waals surface area contributed by atoms with Crippen LogP contribution in [0.3, 0.4) is 0 Å². The van der Waals surface area contributed by atoms with Crippen LogP contribution >= 0.6 is 11.3 Å². The maximum absolute atomic E-state index is 14.0. The first kappa shape index (κ1) is 25.9. The number of benzene rings is 2. The lowest BCUT2D eigenvalue weighted by Crippen LogP contribution is -2.49. The summed E-state index contributed by atoms with van der Waals surface area (Å²) >= 11 is 1.62. The summed E-state index contributed by atoms with van der Waals surface area (Å²) in [4.78, 5) is 7.56. The van der Waals surface area contributed by atoms with Crippen LogP contribution < -0.4 is 4.90 Å². The van der Waals surface area contributed by atoms with Crippen molar-refractivity contribution >= 4 is 26.5 Å². The van der Waals surface area contributed by atoms with E-state index in [0.29, 0.717) is 37.0 Å². The largest absolute Gasteiger partial charge is 0.345 e. The second-order valence-electron chi connectivity index (χ2n) is 10.3. The Kier molecular flexibility index (Phi) is 7.69. The topological polar surface area (TPSA) is 53.5 Å². The highest BCUT2D eigenvalue weighted by Gasteiger charge is 2.34. The Bertz CT molecular complexity index is 1230. The quantitative estimate of drug-likeness (QED) is 0.355. The molecule has 2 aromatic carbocycles. The molecule has 0 saturated carbocycles.